The molecule has 1 saturated heterocycles. The van der Waals surface area contributed by atoms with Crippen LogP contribution in [-0.2, 0) is 6.61 Å². The zero-order valence-corrected chi connectivity index (χ0v) is 13.3. The van der Waals surface area contributed by atoms with E-state index in [0.29, 0.717) is 23.0 Å². The summed E-state index contributed by atoms with van der Waals surface area (Å²) in [6.07, 6.45) is 4.52. The molecular weight excluding hydrogens is 294 g/mol. The second-order valence-corrected chi connectivity index (χ2v) is 5.72. The van der Waals surface area contributed by atoms with Gasteiger partial charge in [-0.15, -0.1) is 0 Å². The molecule has 0 radical (unpaired) electrons. The highest BCUT2D eigenvalue weighted by atomic mass is 16.5. The Hall–Kier alpha value is -2.37. The number of aromatic nitrogens is 2. The van der Waals surface area contributed by atoms with Gasteiger partial charge in [-0.2, -0.15) is 4.98 Å². The normalized spacial score (nSPS) is 15.3. The molecule has 0 bridgehead atoms. The van der Waals surface area contributed by atoms with Gasteiger partial charge in [-0.25, -0.2) is 0 Å². The van der Waals surface area contributed by atoms with Crippen LogP contribution in [0.5, 0.6) is 5.75 Å². The Balaban J connectivity index is 1.72. The number of ether oxygens (including phenoxy) is 1. The Kier molecular flexibility index (Phi) is 4.90. The van der Waals surface area contributed by atoms with Gasteiger partial charge >= 0.3 is 0 Å². The summed E-state index contributed by atoms with van der Waals surface area (Å²) in [4.78, 5) is 18.8. The number of hydrogen-bond acceptors (Lipinski definition) is 5. The molecule has 2 heterocycles. The first-order chi connectivity index (χ1) is 11.2. The smallest absolute Gasteiger partial charge is 0.257 e. The molecule has 0 atom stereocenters. The predicted molar refractivity (Wildman–Crippen MR) is 84.2 cm³/mol. The van der Waals surface area contributed by atoms with E-state index in [9.17, 15) is 4.79 Å². The van der Waals surface area contributed by atoms with E-state index in [1.54, 1.807) is 13.0 Å². The number of amides is 1. The number of carbonyl (C=O) groups is 1. The van der Waals surface area contributed by atoms with Crippen molar-refractivity contribution >= 4 is 5.91 Å². The molecule has 6 nitrogen and oxygen atoms in total. The molecule has 0 unspecified atom stereocenters. The topological polar surface area (TPSA) is 68.5 Å². The van der Waals surface area contributed by atoms with Crippen molar-refractivity contribution in [3.63, 3.8) is 0 Å². The zero-order chi connectivity index (χ0) is 16.1. The summed E-state index contributed by atoms with van der Waals surface area (Å²) in [7, 11) is 0. The average molecular weight is 315 g/mol. The molecule has 0 saturated carbocycles. The van der Waals surface area contributed by atoms with Gasteiger partial charge in [-0.05, 0) is 25.0 Å². The summed E-state index contributed by atoms with van der Waals surface area (Å²) < 4.78 is 10.7. The van der Waals surface area contributed by atoms with Crippen molar-refractivity contribution in [3.8, 4) is 5.75 Å². The third kappa shape index (κ3) is 3.88. The largest absolute Gasteiger partial charge is 0.485 e. The van der Waals surface area contributed by atoms with Gasteiger partial charge < -0.3 is 14.2 Å². The van der Waals surface area contributed by atoms with Gasteiger partial charge in [-0.1, -0.05) is 30.1 Å². The predicted octanol–water partition coefficient (Wildman–Crippen LogP) is 2.97. The van der Waals surface area contributed by atoms with Crippen molar-refractivity contribution in [1.82, 2.24) is 15.0 Å². The van der Waals surface area contributed by atoms with Gasteiger partial charge in [-0.3, -0.25) is 4.79 Å². The van der Waals surface area contributed by atoms with Crippen LogP contribution in [0.3, 0.4) is 0 Å². The zero-order valence-electron chi connectivity index (χ0n) is 13.3. The molecule has 1 aromatic carbocycles. The van der Waals surface area contributed by atoms with E-state index in [2.05, 4.69) is 10.1 Å². The SMILES string of the molecule is Cc1nc(COc2ccccc2C(=O)N2CCCCCC2)no1. The van der Waals surface area contributed by atoms with E-state index in [0.717, 1.165) is 25.9 Å². The summed E-state index contributed by atoms with van der Waals surface area (Å²) >= 11 is 0. The van der Waals surface area contributed by atoms with Crippen LogP contribution < -0.4 is 4.74 Å². The van der Waals surface area contributed by atoms with Crippen LogP contribution in [0.15, 0.2) is 28.8 Å². The van der Waals surface area contributed by atoms with Crippen LogP contribution in [0.25, 0.3) is 0 Å². The van der Waals surface area contributed by atoms with E-state index < -0.39 is 0 Å². The number of rotatable bonds is 4. The highest BCUT2D eigenvalue weighted by Crippen LogP contribution is 2.22. The quantitative estimate of drug-likeness (QED) is 0.867. The standard InChI is InChI=1S/C17H21N3O3/c1-13-18-16(19-23-13)12-22-15-9-5-4-8-14(15)17(21)20-10-6-2-3-7-11-20/h4-5,8-9H,2-3,6-7,10-12H2,1H3. The maximum atomic E-state index is 12.8. The number of benzene rings is 1. The summed E-state index contributed by atoms with van der Waals surface area (Å²) in [5, 5.41) is 3.80. The molecule has 0 aliphatic carbocycles. The van der Waals surface area contributed by atoms with Gasteiger partial charge in [0.2, 0.25) is 11.7 Å². The van der Waals surface area contributed by atoms with Crippen LogP contribution in [-0.4, -0.2) is 34.0 Å². The van der Waals surface area contributed by atoms with Crippen LogP contribution in [0.2, 0.25) is 0 Å². The minimum absolute atomic E-state index is 0.0341. The second-order valence-electron chi connectivity index (χ2n) is 5.72. The molecule has 1 amide bonds. The third-order valence-electron chi connectivity index (χ3n) is 3.94. The second kappa shape index (κ2) is 7.26. The first-order valence-electron chi connectivity index (χ1n) is 8.04. The van der Waals surface area contributed by atoms with Crippen LogP contribution in [0.1, 0.15) is 47.8 Å². The maximum absolute atomic E-state index is 12.8. The average Bonchev–Trinajstić information content (AvgIpc) is 2.82. The summed E-state index contributed by atoms with van der Waals surface area (Å²) in [5.74, 6) is 1.56. The Bertz CT molecular complexity index is 661. The van der Waals surface area contributed by atoms with Gasteiger partial charge in [0, 0.05) is 20.0 Å². The van der Waals surface area contributed by atoms with E-state index in [1.807, 2.05) is 23.1 Å². The molecule has 1 aromatic heterocycles. The van der Waals surface area contributed by atoms with Gasteiger partial charge in [0.1, 0.15) is 5.75 Å². The fourth-order valence-corrected chi connectivity index (χ4v) is 2.76. The molecule has 0 spiro atoms. The van der Waals surface area contributed by atoms with Crippen molar-refractivity contribution in [2.75, 3.05) is 13.1 Å². The number of para-hydroxylation sites is 1. The van der Waals surface area contributed by atoms with Gasteiger partial charge in [0.05, 0.1) is 5.56 Å². The van der Waals surface area contributed by atoms with E-state index in [-0.39, 0.29) is 12.5 Å². The van der Waals surface area contributed by atoms with E-state index in [4.69, 9.17) is 9.26 Å². The first-order valence-corrected chi connectivity index (χ1v) is 8.04. The van der Waals surface area contributed by atoms with Crippen LogP contribution >= 0.6 is 0 Å². The third-order valence-corrected chi connectivity index (χ3v) is 3.94. The van der Waals surface area contributed by atoms with Crippen molar-refractivity contribution in [2.45, 2.75) is 39.2 Å². The number of likely N-dealkylation sites (tertiary alicyclic amines) is 1. The molecule has 1 fully saturated rings. The van der Waals surface area contributed by atoms with Crippen molar-refractivity contribution in [3.05, 3.63) is 41.5 Å². The lowest BCUT2D eigenvalue weighted by Crippen LogP contribution is -2.32. The molecule has 3 rings (SSSR count). The highest BCUT2D eigenvalue weighted by molar-refractivity contribution is 5.96. The monoisotopic (exact) mass is 315 g/mol. The van der Waals surface area contributed by atoms with Crippen LogP contribution in [0.4, 0.5) is 0 Å². The Morgan fingerprint density at radius 2 is 1.96 bits per heavy atom. The maximum Gasteiger partial charge on any atom is 0.257 e. The van der Waals surface area contributed by atoms with Gasteiger partial charge in [0.25, 0.3) is 5.91 Å². The molecule has 0 N–H and O–H groups in total. The van der Waals surface area contributed by atoms with Gasteiger partial charge in [0.15, 0.2) is 6.61 Å². The minimum atomic E-state index is 0.0341. The summed E-state index contributed by atoms with van der Waals surface area (Å²) in [6, 6.07) is 7.33. The van der Waals surface area contributed by atoms with Crippen molar-refractivity contribution in [2.24, 2.45) is 0 Å². The molecule has 6 heteroatoms. The van der Waals surface area contributed by atoms with E-state index >= 15 is 0 Å². The van der Waals surface area contributed by atoms with Crippen LogP contribution in [0, 0.1) is 6.92 Å². The minimum Gasteiger partial charge on any atom is -0.485 e. The Morgan fingerprint density at radius 1 is 1.22 bits per heavy atom. The Labute approximate surface area is 135 Å². The molecule has 1 aliphatic rings. The summed E-state index contributed by atoms with van der Waals surface area (Å²) in [6.45, 7) is 3.54. The number of nitrogens with zero attached hydrogens (tertiary/aromatic N) is 3. The first kappa shape index (κ1) is 15.5. The lowest BCUT2D eigenvalue weighted by Gasteiger charge is -2.21. The van der Waals surface area contributed by atoms with Crippen molar-refractivity contribution < 1.29 is 14.1 Å². The lowest BCUT2D eigenvalue weighted by atomic mass is 10.1. The fraction of sp³-hybridized carbons (Fsp3) is 0.471. The molecule has 23 heavy (non-hydrogen) atoms. The Morgan fingerprint density at radius 3 is 2.65 bits per heavy atom. The molecule has 2 aromatic rings. The lowest BCUT2D eigenvalue weighted by molar-refractivity contribution is 0.0756. The molecule has 1 aliphatic heterocycles. The fourth-order valence-electron chi connectivity index (χ4n) is 2.76. The molecular formula is C17H21N3O3. The van der Waals surface area contributed by atoms with E-state index in [1.165, 1.54) is 12.8 Å². The van der Waals surface area contributed by atoms with Crippen molar-refractivity contribution in [1.29, 1.82) is 0 Å². The summed E-state index contributed by atoms with van der Waals surface area (Å²) in [5.41, 5.74) is 0.592. The highest BCUT2D eigenvalue weighted by Gasteiger charge is 2.20. The number of hydrogen-bond donors (Lipinski definition) is 0. The number of aryl methyl sites for hydroxylation is 1. The molecule has 122 valence electrons. The number of carbonyl (C=O) groups excluding carboxylic acids is 1.